The van der Waals surface area contributed by atoms with Crippen molar-refractivity contribution in [2.75, 3.05) is 0 Å². The molecule has 0 rings (SSSR count). The van der Waals surface area contributed by atoms with Crippen LogP contribution < -0.4 is 0 Å². The van der Waals surface area contributed by atoms with Crippen molar-refractivity contribution < 1.29 is 5.11 Å². The van der Waals surface area contributed by atoms with E-state index in [0.717, 1.165) is 11.8 Å². The molecule has 0 saturated heterocycles. The zero-order valence-electron chi connectivity index (χ0n) is 8.33. The highest BCUT2D eigenvalue weighted by molar-refractivity contribution is 5.26. The molecule has 0 bridgehead atoms. The van der Waals surface area contributed by atoms with Gasteiger partial charge in [0, 0.05) is 0 Å². The second-order valence-corrected chi connectivity index (χ2v) is 3.15. The number of hydrogen-bond donors (Lipinski definition) is 1. The Labute approximate surface area is 75.1 Å². The van der Waals surface area contributed by atoms with Crippen LogP contribution in [-0.2, 0) is 0 Å². The van der Waals surface area contributed by atoms with Crippen molar-refractivity contribution in [3.05, 3.63) is 35.6 Å². The summed E-state index contributed by atoms with van der Waals surface area (Å²) in [5, 5.41) is 8.63. The zero-order valence-corrected chi connectivity index (χ0v) is 8.33. The van der Waals surface area contributed by atoms with Crippen LogP contribution in [0.1, 0.15) is 27.7 Å². The lowest BCUT2D eigenvalue weighted by Crippen LogP contribution is -1.89. The van der Waals surface area contributed by atoms with Gasteiger partial charge in [-0.25, -0.2) is 0 Å². The Balaban J connectivity index is 4.32. The lowest BCUT2D eigenvalue weighted by molar-refractivity contribution is 0.469. The second kappa shape index (κ2) is 5.64. The molecule has 1 nitrogen and oxygen atoms in total. The van der Waals surface area contributed by atoms with E-state index in [4.69, 9.17) is 5.11 Å². The van der Waals surface area contributed by atoms with Crippen LogP contribution in [0.2, 0.25) is 0 Å². The Hall–Kier alpha value is -0.980. The maximum Gasteiger partial charge on any atom is 0.0820 e. The molecule has 68 valence electrons. The molecule has 1 N–H and O–H groups in total. The van der Waals surface area contributed by atoms with Gasteiger partial charge in [-0.1, -0.05) is 32.1 Å². The van der Waals surface area contributed by atoms with E-state index in [1.54, 1.807) is 0 Å². The molecule has 0 radical (unpaired) electrons. The summed E-state index contributed by atoms with van der Waals surface area (Å²) < 4.78 is 0. The van der Waals surface area contributed by atoms with Gasteiger partial charge in [-0.05, 0) is 30.9 Å². The molecule has 0 aromatic heterocycles. The van der Waals surface area contributed by atoms with Crippen molar-refractivity contribution in [2.45, 2.75) is 27.7 Å². The molecule has 0 heterocycles. The van der Waals surface area contributed by atoms with Gasteiger partial charge in [0.1, 0.15) is 0 Å². The number of hydrogen-bond acceptors (Lipinski definition) is 1. The maximum atomic E-state index is 8.63. The Morgan fingerprint density at radius 3 is 2.17 bits per heavy atom. The van der Waals surface area contributed by atoms with Crippen LogP contribution in [0.5, 0.6) is 0 Å². The standard InChI is InChI=1S/C11H18O/c1-5-11(9(2)3)7-6-10(4)8-12/h5-9,12H,1-4H3/b7-6-,10-8+,11-5+. The van der Waals surface area contributed by atoms with Crippen molar-refractivity contribution in [2.24, 2.45) is 5.92 Å². The third-order valence-electron chi connectivity index (χ3n) is 1.74. The van der Waals surface area contributed by atoms with Crippen LogP contribution in [0.3, 0.4) is 0 Å². The Bertz CT molecular complexity index is 207. The largest absolute Gasteiger partial charge is 0.515 e. The molecule has 0 aliphatic rings. The molecule has 0 aromatic rings. The van der Waals surface area contributed by atoms with E-state index in [9.17, 15) is 0 Å². The van der Waals surface area contributed by atoms with Gasteiger partial charge in [0.25, 0.3) is 0 Å². The Kier molecular flexibility index (Phi) is 5.18. The summed E-state index contributed by atoms with van der Waals surface area (Å²) in [5.74, 6) is 0.540. The molecule has 0 aromatic carbocycles. The molecule has 0 aliphatic carbocycles. The molecule has 0 aliphatic heterocycles. The quantitative estimate of drug-likeness (QED) is 0.501. The molecule has 0 saturated carbocycles. The first-order valence-corrected chi connectivity index (χ1v) is 4.27. The van der Waals surface area contributed by atoms with Crippen molar-refractivity contribution >= 4 is 0 Å². The van der Waals surface area contributed by atoms with Gasteiger partial charge in [0.2, 0.25) is 0 Å². The monoisotopic (exact) mass is 166 g/mol. The summed E-state index contributed by atoms with van der Waals surface area (Å²) in [4.78, 5) is 0. The summed E-state index contributed by atoms with van der Waals surface area (Å²) in [6.07, 6.45) is 7.15. The molecule has 12 heavy (non-hydrogen) atoms. The SMILES string of the molecule is C\C=C(/C=C\C(C)=C\O)C(C)C. The minimum absolute atomic E-state index is 0.540. The van der Waals surface area contributed by atoms with Gasteiger partial charge in [-0.2, -0.15) is 0 Å². The minimum atomic E-state index is 0.540. The Morgan fingerprint density at radius 2 is 1.83 bits per heavy atom. The highest BCUT2D eigenvalue weighted by atomic mass is 16.2. The summed E-state index contributed by atoms with van der Waals surface area (Å²) in [6.45, 7) is 8.19. The van der Waals surface area contributed by atoms with Crippen LogP contribution in [0.15, 0.2) is 35.6 Å². The minimum Gasteiger partial charge on any atom is -0.515 e. The van der Waals surface area contributed by atoms with Crippen LogP contribution in [0, 0.1) is 5.92 Å². The smallest absolute Gasteiger partial charge is 0.0820 e. The van der Waals surface area contributed by atoms with E-state index in [0.29, 0.717) is 5.92 Å². The Morgan fingerprint density at radius 1 is 1.25 bits per heavy atom. The topological polar surface area (TPSA) is 20.2 Å². The summed E-state index contributed by atoms with van der Waals surface area (Å²) in [7, 11) is 0. The van der Waals surface area contributed by atoms with E-state index in [2.05, 4.69) is 19.9 Å². The van der Waals surface area contributed by atoms with Crippen molar-refractivity contribution in [1.29, 1.82) is 0 Å². The number of rotatable bonds is 3. The number of allylic oxidation sites excluding steroid dienone is 5. The summed E-state index contributed by atoms with van der Waals surface area (Å²) in [6, 6.07) is 0. The van der Waals surface area contributed by atoms with Gasteiger partial charge in [0.15, 0.2) is 0 Å². The lowest BCUT2D eigenvalue weighted by Gasteiger charge is -2.04. The van der Waals surface area contributed by atoms with E-state index < -0.39 is 0 Å². The van der Waals surface area contributed by atoms with E-state index in [-0.39, 0.29) is 0 Å². The van der Waals surface area contributed by atoms with Gasteiger partial charge >= 0.3 is 0 Å². The highest BCUT2D eigenvalue weighted by Crippen LogP contribution is 2.11. The average Bonchev–Trinajstić information content (AvgIpc) is 2.04. The van der Waals surface area contributed by atoms with Crippen LogP contribution in [0.4, 0.5) is 0 Å². The molecule has 0 spiro atoms. The number of aliphatic hydroxyl groups excluding tert-OH is 1. The first-order valence-electron chi connectivity index (χ1n) is 4.27. The van der Waals surface area contributed by atoms with Crippen molar-refractivity contribution in [1.82, 2.24) is 0 Å². The number of aliphatic hydroxyl groups is 1. The van der Waals surface area contributed by atoms with Crippen molar-refractivity contribution in [3.63, 3.8) is 0 Å². The van der Waals surface area contributed by atoms with Crippen LogP contribution >= 0.6 is 0 Å². The normalized spacial score (nSPS) is 14.8. The van der Waals surface area contributed by atoms with Crippen LogP contribution in [0.25, 0.3) is 0 Å². The summed E-state index contributed by atoms with van der Waals surface area (Å²) in [5.41, 5.74) is 2.16. The predicted octanol–water partition coefficient (Wildman–Crippen LogP) is 3.61. The predicted molar refractivity (Wildman–Crippen MR) is 54.1 cm³/mol. The fourth-order valence-electron chi connectivity index (χ4n) is 0.893. The average molecular weight is 166 g/mol. The van der Waals surface area contributed by atoms with Crippen LogP contribution in [-0.4, -0.2) is 5.11 Å². The molecule has 0 atom stereocenters. The molecule has 1 heteroatoms. The van der Waals surface area contributed by atoms with Gasteiger partial charge in [-0.15, -0.1) is 0 Å². The third kappa shape index (κ3) is 4.02. The van der Waals surface area contributed by atoms with Gasteiger partial charge in [0.05, 0.1) is 6.26 Å². The second-order valence-electron chi connectivity index (χ2n) is 3.15. The van der Waals surface area contributed by atoms with Crippen molar-refractivity contribution in [3.8, 4) is 0 Å². The lowest BCUT2D eigenvalue weighted by atomic mass is 10.0. The fourth-order valence-corrected chi connectivity index (χ4v) is 0.893. The molecular formula is C11H18O. The van der Waals surface area contributed by atoms with Gasteiger partial charge < -0.3 is 5.11 Å². The maximum absolute atomic E-state index is 8.63. The van der Waals surface area contributed by atoms with Gasteiger partial charge in [-0.3, -0.25) is 0 Å². The molecule has 0 unspecified atom stereocenters. The van der Waals surface area contributed by atoms with E-state index in [1.807, 2.05) is 26.0 Å². The fraction of sp³-hybridized carbons (Fsp3) is 0.455. The third-order valence-corrected chi connectivity index (χ3v) is 1.74. The molecular weight excluding hydrogens is 148 g/mol. The highest BCUT2D eigenvalue weighted by Gasteiger charge is 1.95. The molecule has 0 fully saturated rings. The van der Waals surface area contributed by atoms with E-state index in [1.165, 1.54) is 5.57 Å². The first-order chi connectivity index (χ1) is 5.61. The molecule has 0 amide bonds. The zero-order chi connectivity index (χ0) is 9.56. The van der Waals surface area contributed by atoms with E-state index >= 15 is 0 Å². The summed E-state index contributed by atoms with van der Waals surface area (Å²) >= 11 is 0. The first kappa shape index (κ1) is 11.0.